The summed E-state index contributed by atoms with van der Waals surface area (Å²) in [5, 5.41) is 2.96. The molecule has 2 heteroatoms. The fraction of sp³-hybridized carbons (Fsp3) is 0.471. The Morgan fingerprint density at radius 2 is 1.84 bits per heavy atom. The summed E-state index contributed by atoms with van der Waals surface area (Å²) in [7, 11) is 0. The number of benzene rings is 1. The van der Waals surface area contributed by atoms with Gasteiger partial charge in [0.05, 0.1) is 0 Å². The summed E-state index contributed by atoms with van der Waals surface area (Å²) in [5.41, 5.74) is 2.23. The summed E-state index contributed by atoms with van der Waals surface area (Å²) < 4.78 is 0. The van der Waals surface area contributed by atoms with Gasteiger partial charge in [0, 0.05) is 13.0 Å². The molecular weight excluding hydrogens is 234 g/mol. The van der Waals surface area contributed by atoms with Crippen LogP contribution in [0.3, 0.4) is 0 Å². The van der Waals surface area contributed by atoms with E-state index in [1.54, 1.807) is 0 Å². The monoisotopic (exact) mass is 259 g/mol. The van der Waals surface area contributed by atoms with Crippen molar-refractivity contribution in [2.45, 2.75) is 52.0 Å². The molecule has 1 amide bonds. The van der Waals surface area contributed by atoms with Crippen molar-refractivity contribution in [3.8, 4) is 0 Å². The lowest BCUT2D eigenvalue weighted by molar-refractivity contribution is -0.121. The van der Waals surface area contributed by atoms with Gasteiger partial charge in [-0.15, -0.1) is 0 Å². The van der Waals surface area contributed by atoms with Crippen LogP contribution in [0, 0.1) is 0 Å². The lowest BCUT2D eigenvalue weighted by atomic mass is 10.1. The van der Waals surface area contributed by atoms with Gasteiger partial charge in [-0.3, -0.25) is 4.79 Å². The Labute approximate surface area is 116 Å². The summed E-state index contributed by atoms with van der Waals surface area (Å²) in [5.74, 6) is 0.157. The van der Waals surface area contributed by atoms with Crippen molar-refractivity contribution >= 4 is 12.0 Å². The van der Waals surface area contributed by atoms with Gasteiger partial charge in [0.2, 0.25) is 5.91 Å². The van der Waals surface area contributed by atoms with E-state index in [1.807, 2.05) is 30.3 Å². The average Bonchev–Trinajstić information content (AvgIpc) is 2.45. The molecule has 0 unspecified atom stereocenters. The van der Waals surface area contributed by atoms with Gasteiger partial charge in [0.15, 0.2) is 0 Å². The number of hydrogen-bond acceptors (Lipinski definition) is 1. The first-order chi connectivity index (χ1) is 9.26. The molecule has 1 aromatic rings. The topological polar surface area (TPSA) is 29.1 Å². The highest BCUT2D eigenvalue weighted by Crippen LogP contribution is 2.07. The van der Waals surface area contributed by atoms with E-state index in [0.717, 1.165) is 24.0 Å². The Hall–Kier alpha value is -1.57. The number of carbonyl (C=O) groups is 1. The number of carbonyl (C=O) groups excluding carboxylic acids is 1. The van der Waals surface area contributed by atoms with E-state index in [4.69, 9.17) is 0 Å². The van der Waals surface area contributed by atoms with E-state index in [2.05, 4.69) is 18.8 Å². The highest BCUT2D eigenvalue weighted by atomic mass is 16.1. The highest BCUT2D eigenvalue weighted by molar-refractivity contribution is 5.75. The minimum atomic E-state index is 0.157. The fourth-order valence-corrected chi connectivity index (χ4v) is 1.95. The van der Waals surface area contributed by atoms with E-state index >= 15 is 0 Å². The van der Waals surface area contributed by atoms with Crippen LogP contribution in [0.4, 0.5) is 0 Å². The second-order valence-electron chi connectivity index (χ2n) is 4.89. The predicted octanol–water partition coefficient (Wildman–Crippen LogP) is 4.31. The maximum absolute atomic E-state index is 11.6. The zero-order chi connectivity index (χ0) is 13.9. The van der Waals surface area contributed by atoms with Gasteiger partial charge < -0.3 is 5.32 Å². The lowest BCUT2D eigenvalue weighted by Crippen LogP contribution is -2.22. The van der Waals surface area contributed by atoms with Crippen molar-refractivity contribution < 1.29 is 4.79 Å². The molecule has 19 heavy (non-hydrogen) atoms. The lowest BCUT2D eigenvalue weighted by Gasteiger charge is -2.06. The predicted molar refractivity (Wildman–Crippen MR) is 81.8 cm³/mol. The molecule has 104 valence electrons. The Bertz CT molecular complexity index is 381. The molecule has 0 atom stereocenters. The van der Waals surface area contributed by atoms with E-state index < -0.39 is 0 Å². The maximum atomic E-state index is 11.6. The first-order valence-corrected chi connectivity index (χ1v) is 7.24. The molecule has 0 aromatic heterocycles. The van der Waals surface area contributed by atoms with Crippen LogP contribution in [-0.2, 0) is 11.3 Å². The zero-order valence-corrected chi connectivity index (χ0v) is 12.0. The summed E-state index contributed by atoms with van der Waals surface area (Å²) in [6.45, 7) is 6.54. The normalized spacial score (nSPS) is 10.2. The van der Waals surface area contributed by atoms with Gasteiger partial charge in [-0.2, -0.15) is 0 Å². The van der Waals surface area contributed by atoms with Crippen molar-refractivity contribution in [2.75, 3.05) is 0 Å². The minimum Gasteiger partial charge on any atom is -0.352 e. The van der Waals surface area contributed by atoms with Crippen LogP contribution in [0.25, 0.3) is 6.08 Å². The van der Waals surface area contributed by atoms with Gasteiger partial charge in [-0.05, 0) is 17.5 Å². The molecule has 0 fully saturated rings. The molecule has 0 saturated carbocycles. The number of unbranched alkanes of at least 4 members (excludes halogenated alkanes) is 4. The van der Waals surface area contributed by atoms with Crippen molar-refractivity contribution in [1.82, 2.24) is 5.32 Å². The molecule has 0 heterocycles. The average molecular weight is 259 g/mol. The molecule has 0 aliphatic heterocycles. The largest absolute Gasteiger partial charge is 0.352 e. The molecular formula is C17H25NO. The molecule has 0 bridgehead atoms. The van der Waals surface area contributed by atoms with Gasteiger partial charge in [-0.25, -0.2) is 0 Å². The molecule has 1 N–H and O–H groups in total. The van der Waals surface area contributed by atoms with Crippen LogP contribution in [-0.4, -0.2) is 5.91 Å². The third kappa shape index (κ3) is 6.80. The molecule has 0 spiro atoms. The number of rotatable bonds is 9. The summed E-state index contributed by atoms with van der Waals surface area (Å²) in [6, 6.07) is 8.08. The van der Waals surface area contributed by atoms with Crippen LogP contribution in [0.1, 0.15) is 56.6 Å². The molecule has 0 radical (unpaired) electrons. The molecule has 0 aliphatic rings. The van der Waals surface area contributed by atoms with Gasteiger partial charge in [0.25, 0.3) is 0 Å². The van der Waals surface area contributed by atoms with Crippen LogP contribution in [0.15, 0.2) is 30.8 Å². The second-order valence-corrected chi connectivity index (χ2v) is 4.89. The molecule has 0 saturated heterocycles. The quantitative estimate of drug-likeness (QED) is 0.658. The summed E-state index contributed by atoms with van der Waals surface area (Å²) >= 11 is 0. The van der Waals surface area contributed by atoms with E-state index in [9.17, 15) is 4.79 Å². The van der Waals surface area contributed by atoms with Crippen molar-refractivity contribution in [3.05, 3.63) is 42.0 Å². The number of hydrogen-bond donors (Lipinski definition) is 1. The zero-order valence-electron chi connectivity index (χ0n) is 12.0. The van der Waals surface area contributed by atoms with E-state index in [0.29, 0.717) is 13.0 Å². The van der Waals surface area contributed by atoms with Crippen LogP contribution in [0.2, 0.25) is 0 Å². The van der Waals surface area contributed by atoms with Crippen LogP contribution in [0.5, 0.6) is 0 Å². The molecule has 0 aliphatic carbocycles. The SMILES string of the molecule is C=Cc1ccc(CNC(=O)CCCCCCC)cc1. The van der Waals surface area contributed by atoms with E-state index in [1.165, 1.54) is 19.3 Å². The standard InChI is InChI=1S/C17H25NO/c1-3-5-6-7-8-9-17(19)18-14-16-12-10-15(4-2)11-13-16/h4,10-13H,2-3,5-9,14H2,1H3,(H,18,19). The molecule has 1 aromatic carbocycles. The number of amides is 1. The Morgan fingerprint density at radius 1 is 1.16 bits per heavy atom. The number of nitrogens with one attached hydrogen (secondary N) is 1. The van der Waals surface area contributed by atoms with E-state index in [-0.39, 0.29) is 5.91 Å². The first kappa shape index (κ1) is 15.5. The molecule has 1 rings (SSSR count). The van der Waals surface area contributed by atoms with Crippen LogP contribution >= 0.6 is 0 Å². The third-order valence-electron chi connectivity index (χ3n) is 3.21. The van der Waals surface area contributed by atoms with Crippen molar-refractivity contribution in [2.24, 2.45) is 0 Å². The van der Waals surface area contributed by atoms with Crippen molar-refractivity contribution in [1.29, 1.82) is 0 Å². The fourth-order valence-electron chi connectivity index (χ4n) is 1.95. The summed E-state index contributed by atoms with van der Waals surface area (Å²) in [4.78, 5) is 11.6. The van der Waals surface area contributed by atoms with Gasteiger partial charge >= 0.3 is 0 Å². The second kappa shape index (κ2) is 9.37. The summed E-state index contributed by atoms with van der Waals surface area (Å²) in [6.07, 6.45) is 8.39. The molecule has 2 nitrogen and oxygen atoms in total. The highest BCUT2D eigenvalue weighted by Gasteiger charge is 2.01. The van der Waals surface area contributed by atoms with Gasteiger partial charge in [-0.1, -0.05) is 69.5 Å². The minimum absolute atomic E-state index is 0.157. The Balaban J connectivity index is 2.16. The maximum Gasteiger partial charge on any atom is 0.220 e. The Morgan fingerprint density at radius 3 is 2.47 bits per heavy atom. The van der Waals surface area contributed by atoms with Crippen molar-refractivity contribution in [3.63, 3.8) is 0 Å². The smallest absolute Gasteiger partial charge is 0.220 e. The first-order valence-electron chi connectivity index (χ1n) is 7.24. The van der Waals surface area contributed by atoms with Gasteiger partial charge in [0.1, 0.15) is 0 Å². The third-order valence-corrected chi connectivity index (χ3v) is 3.21. The Kier molecular flexibility index (Phi) is 7.64. The van der Waals surface area contributed by atoms with Crippen LogP contribution < -0.4 is 5.32 Å².